The van der Waals surface area contributed by atoms with E-state index < -0.39 is 29.6 Å². The Morgan fingerprint density at radius 1 is 1.30 bits per heavy atom. The van der Waals surface area contributed by atoms with Crippen LogP contribution in [0.5, 0.6) is 0 Å². The second kappa shape index (κ2) is 4.97. The van der Waals surface area contributed by atoms with Gasteiger partial charge < -0.3 is 10.2 Å². The fourth-order valence-corrected chi connectivity index (χ4v) is 2.15. The van der Waals surface area contributed by atoms with E-state index in [1.54, 1.807) is 0 Å². The molecular weight excluding hydrogens is 297 g/mol. The maximum atomic E-state index is 12.7. The summed E-state index contributed by atoms with van der Waals surface area (Å²) in [7, 11) is 0. The Morgan fingerprint density at radius 2 is 1.95 bits per heavy atom. The fourth-order valence-electron chi connectivity index (χ4n) is 1.92. The lowest BCUT2D eigenvalue weighted by atomic mass is 10.1. The van der Waals surface area contributed by atoms with Crippen LogP contribution in [-0.2, 0) is 15.8 Å². The molecule has 2 amide bonds. The van der Waals surface area contributed by atoms with Crippen LogP contribution >= 0.6 is 11.6 Å². The van der Waals surface area contributed by atoms with Crippen molar-refractivity contribution in [2.75, 3.05) is 11.4 Å². The van der Waals surface area contributed by atoms with Crippen molar-refractivity contribution in [2.24, 2.45) is 0 Å². The lowest BCUT2D eigenvalue weighted by Gasteiger charge is -2.31. The van der Waals surface area contributed by atoms with Gasteiger partial charge in [0.2, 0.25) is 11.8 Å². The number of alkyl halides is 3. The molecule has 1 N–H and O–H groups in total. The SMILES string of the molecule is CC1NC(=O)CN(c2cc(Cl)cc(C(F)(F)F)c2)C1=O. The van der Waals surface area contributed by atoms with Crippen molar-refractivity contribution < 1.29 is 22.8 Å². The van der Waals surface area contributed by atoms with Gasteiger partial charge in [0.15, 0.2) is 0 Å². The van der Waals surface area contributed by atoms with Gasteiger partial charge in [-0.3, -0.25) is 9.59 Å². The molecule has 1 saturated heterocycles. The molecule has 1 fully saturated rings. The Labute approximate surface area is 117 Å². The lowest BCUT2D eigenvalue weighted by molar-refractivity contribution is -0.137. The number of piperazine rings is 1. The molecule has 0 saturated carbocycles. The summed E-state index contributed by atoms with van der Waals surface area (Å²) in [5.41, 5.74) is -1.01. The highest BCUT2D eigenvalue weighted by molar-refractivity contribution is 6.31. The van der Waals surface area contributed by atoms with Gasteiger partial charge in [-0.25, -0.2) is 0 Å². The predicted molar refractivity (Wildman–Crippen MR) is 66.4 cm³/mol. The van der Waals surface area contributed by atoms with Crippen molar-refractivity contribution in [3.05, 3.63) is 28.8 Å². The molecule has 1 atom stereocenters. The predicted octanol–water partition coefficient (Wildman–Crippen LogP) is 2.21. The van der Waals surface area contributed by atoms with Gasteiger partial charge >= 0.3 is 6.18 Å². The minimum atomic E-state index is -4.58. The molecule has 20 heavy (non-hydrogen) atoms. The van der Waals surface area contributed by atoms with Crippen LogP contribution in [0.1, 0.15) is 12.5 Å². The molecule has 1 unspecified atom stereocenters. The van der Waals surface area contributed by atoms with Crippen molar-refractivity contribution in [3.63, 3.8) is 0 Å². The zero-order valence-corrected chi connectivity index (χ0v) is 11.0. The smallest absolute Gasteiger partial charge is 0.343 e. The van der Waals surface area contributed by atoms with E-state index in [2.05, 4.69) is 5.32 Å². The molecule has 0 aromatic heterocycles. The Bertz CT molecular complexity index is 574. The Balaban J connectivity index is 2.44. The molecule has 8 heteroatoms. The highest BCUT2D eigenvalue weighted by Crippen LogP contribution is 2.34. The van der Waals surface area contributed by atoms with Crippen LogP contribution in [0.15, 0.2) is 18.2 Å². The molecule has 2 rings (SSSR count). The van der Waals surface area contributed by atoms with Gasteiger partial charge in [-0.2, -0.15) is 13.2 Å². The molecule has 108 valence electrons. The van der Waals surface area contributed by atoms with Crippen LogP contribution in [0.2, 0.25) is 5.02 Å². The number of amides is 2. The van der Waals surface area contributed by atoms with Gasteiger partial charge in [-0.1, -0.05) is 11.6 Å². The molecule has 0 aliphatic carbocycles. The number of carbonyl (C=O) groups is 2. The maximum absolute atomic E-state index is 12.7. The average molecular weight is 307 g/mol. The third-order valence-electron chi connectivity index (χ3n) is 2.84. The highest BCUT2D eigenvalue weighted by atomic mass is 35.5. The van der Waals surface area contributed by atoms with Crippen LogP contribution in [0.3, 0.4) is 0 Å². The van der Waals surface area contributed by atoms with Crippen molar-refractivity contribution in [2.45, 2.75) is 19.1 Å². The monoisotopic (exact) mass is 306 g/mol. The van der Waals surface area contributed by atoms with Crippen molar-refractivity contribution in [1.82, 2.24) is 5.32 Å². The Kier molecular flexibility index (Phi) is 3.64. The normalized spacial score (nSPS) is 20.1. The number of carbonyl (C=O) groups excluding carboxylic acids is 2. The molecule has 1 aromatic carbocycles. The number of hydrogen-bond donors (Lipinski definition) is 1. The van der Waals surface area contributed by atoms with E-state index in [-0.39, 0.29) is 17.3 Å². The van der Waals surface area contributed by atoms with E-state index in [1.165, 1.54) is 13.0 Å². The number of halogens is 4. The first-order valence-electron chi connectivity index (χ1n) is 5.67. The third kappa shape index (κ3) is 2.87. The first-order valence-corrected chi connectivity index (χ1v) is 6.05. The Hall–Kier alpha value is -1.76. The van der Waals surface area contributed by atoms with Gasteiger partial charge in [-0.15, -0.1) is 0 Å². The van der Waals surface area contributed by atoms with Gasteiger partial charge in [-0.05, 0) is 25.1 Å². The summed E-state index contributed by atoms with van der Waals surface area (Å²) >= 11 is 5.66. The van der Waals surface area contributed by atoms with Gasteiger partial charge in [0.25, 0.3) is 0 Å². The Morgan fingerprint density at radius 3 is 2.55 bits per heavy atom. The summed E-state index contributed by atoms with van der Waals surface area (Å²) in [6.45, 7) is 1.13. The standard InChI is InChI=1S/C12H10ClF3N2O2/c1-6-11(20)18(5-10(19)17-6)9-3-7(12(14,15)16)2-8(13)4-9/h2-4,6H,5H2,1H3,(H,17,19). The van der Waals surface area contributed by atoms with E-state index in [0.717, 1.165) is 17.0 Å². The molecule has 0 radical (unpaired) electrons. The maximum Gasteiger partial charge on any atom is 0.416 e. The zero-order valence-electron chi connectivity index (χ0n) is 10.3. The molecule has 1 aliphatic heterocycles. The van der Waals surface area contributed by atoms with E-state index in [1.807, 2.05) is 0 Å². The first kappa shape index (κ1) is 14.6. The molecule has 1 heterocycles. The number of nitrogens with one attached hydrogen (secondary N) is 1. The van der Waals surface area contributed by atoms with Crippen LogP contribution < -0.4 is 10.2 Å². The largest absolute Gasteiger partial charge is 0.416 e. The minimum absolute atomic E-state index is 0.0449. The fraction of sp³-hybridized carbons (Fsp3) is 0.333. The quantitative estimate of drug-likeness (QED) is 0.865. The lowest BCUT2D eigenvalue weighted by Crippen LogP contribution is -2.57. The molecule has 1 aromatic rings. The van der Waals surface area contributed by atoms with E-state index >= 15 is 0 Å². The van der Waals surface area contributed by atoms with Crippen LogP contribution in [0, 0.1) is 0 Å². The summed E-state index contributed by atoms with van der Waals surface area (Å²) in [5, 5.41) is 2.25. The number of hydrogen-bond acceptors (Lipinski definition) is 2. The molecule has 0 spiro atoms. The molecule has 0 bridgehead atoms. The number of benzene rings is 1. The van der Waals surface area contributed by atoms with Gasteiger partial charge in [0, 0.05) is 10.7 Å². The van der Waals surface area contributed by atoms with Crippen molar-refractivity contribution in [3.8, 4) is 0 Å². The number of nitrogens with zero attached hydrogens (tertiary/aromatic N) is 1. The van der Waals surface area contributed by atoms with Crippen LogP contribution in [-0.4, -0.2) is 24.4 Å². The van der Waals surface area contributed by atoms with Crippen molar-refractivity contribution >= 4 is 29.1 Å². The molecule has 4 nitrogen and oxygen atoms in total. The van der Waals surface area contributed by atoms with Crippen LogP contribution in [0.25, 0.3) is 0 Å². The molecular formula is C12H10ClF3N2O2. The summed E-state index contributed by atoms with van der Waals surface area (Å²) < 4.78 is 38.2. The van der Waals surface area contributed by atoms with E-state index in [4.69, 9.17) is 11.6 Å². The first-order chi connectivity index (χ1) is 9.18. The topological polar surface area (TPSA) is 49.4 Å². The second-order valence-corrected chi connectivity index (χ2v) is 4.85. The number of anilines is 1. The zero-order chi connectivity index (χ0) is 15.1. The van der Waals surface area contributed by atoms with Crippen molar-refractivity contribution in [1.29, 1.82) is 0 Å². The third-order valence-corrected chi connectivity index (χ3v) is 3.06. The van der Waals surface area contributed by atoms with E-state index in [0.29, 0.717) is 0 Å². The second-order valence-electron chi connectivity index (χ2n) is 4.41. The molecule has 1 aliphatic rings. The van der Waals surface area contributed by atoms with Gasteiger partial charge in [0.1, 0.15) is 12.6 Å². The summed E-state index contributed by atoms with van der Waals surface area (Å²) in [6.07, 6.45) is -4.58. The summed E-state index contributed by atoms with van der Waals surface area (Å²) in [5.74, 6) is -0.925. The van der Waals surface area contributed by atoms with E-state index in [9.17, 15) is 22.8 Å². The minimum Gasteiger partial charge on any atom is -0.343 e. The summed E-state index contributed by atoms with van der Waals surface area (Å²) in [6, 6.07) is 2.00. The average Bonchev–Trinajstić information content (AvgIpc) is 2.32. The number of rotatable bonds is 1. The van der Waals surface area contributed by atoms with Gasteiger partial charge in [0.05, 0.1) is 5.56 Å². The highest BCUT2D eigenvalue weighted by Gasteiger charge is 2.34. The van der Waals surface area contributed by atoms with Crippen LogP contribution in [0.4, 0.5) is 18.9 Å². The summed E-state index contributed by atoms with van der Waals surface area (Å²) in [4.78, 5) is 24.3.